The maximum Gasteiger partial charge on any atom is 0.188 e. The Bertz CT molecular complexity index is 3020. The SMILES string of the molecule is [C-]#[N+]c1ccc2c(c1)c1cc(-c3c4ccccc4c(-c4cccnc4)c4cc(-c5ccc6ccccc6c5)ccc34)ccc1n2-c1ccccc1. The lowest BCUT2D eigenvalue weighted by molar-refractivity contribution is 1.18. The number of pyridine rings is 1. The first-order valence-corrected chi connectivity index (χ1v) is 17.1. The Labute approximate surface area is 295 Å². The van der Waals surface area contributed by atoms with Crippen LogP contribution in [-0.4, -0.2) is 9.55 Å². The largest absolute Gasteiger partial charge is 0.309 e. The van der Waals surface area contributed by atoms with Crippen LogP contribution in [0.2, 0.25) is 0 Å². The lowest BCUT2D eigenvalue weighted by Crippen LogP contribution is -1.94. The summed E-state index contributed by atoms with van der Waals surface area (Å²) in [5, 5.41) is 9.40. The highest BCUT2D eigenvalue weighted by Crippen LogP contribution is 2.46. The van der Waals surface area contributed by atoms with Gasteiger partial charge >= 0.3 is 0 Å². The van der Waals surface area contributed by atoms with E-state index in [-0.39, 0.29) is 0 Å². The molecule has 0 bridgehead atoms. The number of hydrogen-bond donors (Lipinski definition) is 0. The van der Waals surface area contributed by atoms with Gasteiger partial charge in [0.2, 0.25) is 0 Å². The fourth-order valence-electron chi connectivity index (χ4n) is 7.95. The van der Waals surface area contributed by atoms with Gasteiger partial charge in [-0.25, -0.2) is 4.85 Å². The van der Waals surface area contributed by atoms with E-state index < -0.39 is 0 Å². The molecule has 0 fully saturated rings. The number of benzene rings is 8. The van der Waals surface area contributed by atoms with Gasteiger partial charge in [-0.05, 0) is 120 Å². The first-order valence-electron chi connectivity index (χ1n) is 17.1. The van der Waals surface area contributed by atoms with Crippen molar-refractivity contribution in [2.45, 2.75) is 0 Å². The molecule has 0 aliphatic rings. The van der Waals surface area contributed by atoms with Crippen LogP contribution >= 0.6 is 0 Å². The second-order valence-electron chi connectivity index (χ2n) is 13.1. The van der Waals surface area contributed by atoms with E-state index in [2.05, 4.69) is 154 Å². The molecule has 236 valence electrons. The fourth-order valence-corrected chi connectivity index (χ4v) is 7.95. The van der Waals surface area contributed by atoms with Gasteiger partial charge in [0.05, 0.1) is 17.6 Å². The van der Waals surface area contributed by atoms with Crippen LogP contribution in [-0.2, 0) is 0 Å². The Morgan fingerprint density at radius 1 is 0.431 bits per heavy atom. The lowest BCUT2D eigenvalue weighted by atomic mass is 9.85. The Kier molecular flexibility index (Phi) is 6.56. The van der Waals surface area contributed by atoms with E-state index >= 15 is 0 Å². The summed E-state index contributed by atoms with van der Waals surface area (Å²) in [6.07, 6.45) is 3.81. The average Bonchev–Trinajstić information content (AvgIpc) is 3.53. The van der Waals surface area contributed by atoms with Gasteiger partial charge in [0.15, 0.2) is 5.69 Å². The molecule has 0 radical (unpaired) electrons. The fraction of sp³-hybridized carbons (Fsp3) is 0. The molecule has 0 saturated heterocycles. The Morgan fingerprint density at radius 3 is 1.84 bits per heavy atom. The molecule has 2 aromatic heterocycles. The number of para-hydroxylation sites is 1. The molecule has 0 aliphatic heterocycles. The van der Waals surface area contributed by atoms with E-state index in [9.17, 15) is 0 Å². The van der Waals surface area contributed by atoms with E-state index in [4.69, 9.17) is 6.57 Å². The van der Waals surface area contributed by atoms with E-state index in [1.165, 1.54) is 54.6 Å². The van der Waals surface area contributed by atoms with Gasteiger partial charge < -0.3 is 4.57 Å². The number of nitrogens with zero attached hydrogens (tertiary/aromatic N) is 3. The monoisotopic (exact) mass is 647 g/mol. The van der Waals surface area contributed by atoms with Crippen molar-refractivity contribution in [2.24, 2.45) is 0 Å². The molecule has 0 unspecified atom stereocenters. The normalized spacial score (nSPS) is 11.5. The van der Waals surface area contributed by atoms with Crippen LogP contribution in [0.15, 0.2) is 176 Å². The predicted octanol–water partition coefficient (Wildman–Crippen LogP) is 13.2. The number of fused-ring (bicyclic) bond motifs is 6. The molecule has 8 aromatic carbocycles. The van der Waals surface area contributed by atoms with Crippen LogP contribution in [0.3, 0.4) is 0 Å². The minimum absolute atomic E-state index is 0.637. The zero-order valence-corrected chi connectivity index (χ0v) is 27.6. The van der Waals surface area contributed by atoms with Crippen molar-refractivity contribution >= 4 is 59.8 Å². The summed E-state index contributed by atoms with van der Waals surface area (Å²) in [6, 6.07) is 58.4. The maximum atomic E-state index is 7.78. The van der Waals surface area contributed by atoms with Crippen molar-refractivity contribution in [3.05, 3.63) is 188 Å². The Hall–Kier alpha value is -7.02. The van der Waals surface area contributed by atoms with Crippen LogP contribution in [0.5, 0.6) is 0 Å². The lowest BCUT2D eigenvalue weighted by Gasteiger charge is -2.19. The molecule has 0 atom stereocenters. The Balaban J connectivity index is 1.29. The van der Waals surface area contributed by atoms with Gasteiger partial charge in [-0.2, -0.15) is 0 Å². The van der Waals surface area contributed by atoms with Crippen LogP contribution in [0, 0.1) is 6.57 Å². The van der Waals surface area contributed by atoms with E-state index in [1.54, 1.807) is 0 Å². The van der Waals surface area contributed by atoms with Crippen LogP contribution in [0.1, 0.15) is 0 Å². The average molecular weight is 648 g/mol. The van der Waals surface area contributed by atoms with Crippen molar-refractivity contribution in [2.75, 3.05) is 0 Å². The molecule has 10 rings (SSSR count). The van der Waals surface area contributed by atoms with Crippen molar-refractivity contribution in [1.82, 2.24) is 9.55 Å². The van der Waals surface area contributed by atoms with E-state index in [0.29, 0.717) is 5.69 Å². The second kappa shape index (κ2) is 11.6. The molecule has 10 aromatic rings. The second-order valence-corrected chi connectivity index (χ2v) is 13.1. The minimum Gasteiger partial charge on any atom is -0.309 e. The summed E-state index contributed by atoms with van der Waals surface area (Å²) in [4.78, 5) is 8.35. The highest BCUT2D eigenvalue weighted by Gasteiger charge is 2.20. The van der Waals surface area contributed by atoms with Crippen molar-refractivity contribution in [1.29, 1.82) is 0 Å². The smallest absolute Gasteiger partial charge is 0.188 e. The molecule has 3 nitrogen and oxygen atoms in total. The van der Waals surface area contributed by atoms with Gasteiger partial charge in [0, 0.05) is 29.0 Å². The standard InChI is InChI=1S/C48H29N3/c1-49-37-21-24-46-43(29-37)42-28-35(20-23-45(42)51(46)38-13-3-2-4-14-38)47-39-15-7-8-16-40(39)48(36-12-9-25-50-30-36)44-27-34(19-22-41(44)47)33-18-17-31-10-5-6-11-32(31)26-33/h2-30H. The summed E-state index contributed by atoms with van der Waals surface area (Å²) in [7, 11) is 0. The topological polar surface area (TPSA) is 22.2 Å². The van der Waals surface area contributed by atoms with Crippen molar-refractivity contribution < 1.29 is 0 Å². The molecular formula is C48H29N3. The highest BCUT2D eigenvalue weighted by molar-refractivity contribution is 6.23. The summed E-state index contributed by atoms with van der Waals surface area (Å²) in [5.41, 5.74) is 10.9. The molecule has 0 spiro atoms. The zero-order chi connectivity index (χ0) is 33.9. The van der Waals surface area contributed by atoms with Crippen molar-refractivity contribution in [3.63, 3.8) is 0 Å². The van der Waals surface area contributed by atoms with Crippen LogP contribution in [0.4, 0.5) is 5.69 Å². The van der Waals surface area contributed by atoms with Crippen LogP contribution < -0.4 is 0 Å². The van der Waals surface area contributed by atoms with Gasteiger partial charge in [-0.3, -0.25) is 4.98 Å². The minimum atomic E-state index is 0.637. The summed E-state index contributed by atoms with van der Waals surface area (Å²) in [6.45, 7) is 7.78. The van der Waals surface area contributed by atoms with Gasteiger partial charge in [0.25, 0.3) is 0 Å². The third kappa shape index (κ3) is 4.62. The predicted molar refractivity (Wildman–Crippen MR) is 214 cm³/mol. The van der Waals surface area contributed by atoms with E-state index in [1.807, 2.05) is 36.7 Å². The molecular weight excluding hydrogens is 619 g/mol. The summed E-state index contributed by atoms with van der Waals surface area (Å²) in [5.74, 6) is 0. The molecule has 0 amide bonds. The molecule has 3 heteroatoms. The number of aromatic nitrogens is 2. The van der Waals surface area contributed by atoms with Crippen LogP contribution in [0.25, 0.3) is 98.0 Å². The van der Waals surface area contributed by atoms with Crippen molar-refractivity contribution in [3.8, 4) is 39.1 Å². The molecule has 0 N–H and O–H groups in total. The number of rotatable bonds is 4. The van der Waals surface area contributed by atoms with Gasteiger partial charge in [0.1, 0.15) is 0 Å². The third-order valence-corrected chi connectivity index (χ3v) is 10.2. The third-order valence-electron chi connectivity index (χ3n) is 10.2. The number of hydrogen-bond acceptors (Lipinski definition) is 1. The Morgan fingerprint density at radius 2 is 1.06 bits per heavy atom. The molecule has 0 aliphatic carbocycles. The quantitative estimate of drug-likeness (QED) is 0.138. The summed E-state index contributed by atoms with van der Waals surface area (Å²) < 4.78 is 2.31. The van der Waals surface area contributed by atoms with E-state index in [0.717, 1.165) is 38.6 Å². The van der Waals surface area contributed by atoms with Gasteiger partial charge in [-0.15, -0.1) is 0 Å². The first kappa shape index (κ1) is 28.9. The molecule has 2 heterocycles. The highest BCUT2D eigenvalue weighted by atomic mass is 15.0. The molecule has 0 saturated carbocycles. The summed E-state index contributed by atoms with van der Waals surface area (Å²) >= 11 is 0. The van der Waals surface area contributed by atoms with Gasteiger partial charge in [-0.1, -0.05) is 109 Å². The molecule has 51 heavy (non-hydrogen) atoms. The zero-order valence-electron chi connectivity index (χ0n) is 27.6. The first-order chi connectivity index (χ1) is 25.2. The maximum absolute atomic E-state index is 7.78.